The highest BCUT2D eigenvalue weighted by Gasteiger charge is 2.18. The molecule has 0 spiro atoms. The molecule has 132 valence electrons. The molecule has 0 aliphatic carbocycles. The number of hydrogen-bond donors (Lipinski definition) is 1. The van der Waals surface area contributed by atoms with E-state index in [0.717, 1.165) is 12.1 Å². The van der Waals surface area contributed by atoms with Gasteiger partial charge >= 0.3 is 0 Å². The van der Waals surface area contributed by atoms with Crippen molar-refractivity contribution in [2.24, 2.45) is 0 Å². The van der Waals surface area contributed by atoms with E-state index in [1.165, 1.54) is 6.07 Å². The van der Waals surface area contributed by atoms with Crippen LogP contribution in [0.2, 0.25) is 0 Å². The maximum absolute atomic E-state index is 13.7. The number of aromatic nitrogens is 4. The minimum Gasteiger partial charge on any atom is -0.337 e. The van der Waals surface area contributed by atoms with E-state index in [1.54, 1.807) is 19.1 Å². The van der Waals surface area contributed by atoms with Gasteiger partial charge in [0, 0.05) is 17.8 Å². The highest BCUT2D eigenvalue weighted by Crippen LogP contribution is 2.21. The molecule has 2 aromatic heterocycles. The molecule has 6 nitrogen and oxygen atoms in total. The van der Waals surface area contributed by atoms with E-state index in [0.29, 0.717) is 22.8 Å². The van der Waals surface area contributed by atoms with Gasteiger partial charge in [-0.3, -0.25) is 4.68 Å². The first-order valence-corrected chi connectivity index (χ1v) is 8.27. The number of halogens is 1. The zero-order chi connectivity index (χ0) is 18.0. The number of hydrogen-bond acceptors (Lipinski definition) is 5. The van der Waals surface area contributed by atoms with Gasteiger partial charge in [-0.1, -0.05) is 17.3 Å². The van der Waals surface area contributed by atoms with Crippen LogP contribution in [-0.2, 0) is 6.54 Å². The number of aryl methyl sites for hydroxylation is 2. The normalized spacial score (nSPS) is 13.8. The quantitative estimate of drug-likeness (QED) is 0.743. The van der Waals surface area contributed by atoms with Crippen LogP contribution in [0.4, 0.5) is 4.39 Å². The second-order valence-corrected chi connectivity index (χ2v) is 6.45. The van der Waals surface area contributed by atoms with E-state index >= 15 is 0 Å². The molecule has 0 radical (unpaired) electrons. The zero-order valence-electron chi connectivity index (χ0n) is 14.8. The Hall–Kier alpha value is -2.54. The number of nitrogens with zero attached hydrogens (tertiary/aromatic N) is 4. The van der Waals surface area contributed by atoms with Crippen LogP contribution in [0.5, 0.6) is 0 Å². The molecule has 3 aromatic rings. The van der Waals surface area contributed by atoms with Gasteiger partial charge in [0.1, 0.15) is 5.82 Å². The van der Waals surface area contributed by atoms with Crippen molar-refractivity contribution in [2.45, 2.75) is 46.3 Å². The largest absolute Gasteiger partial charge is 0.337 e. The van der Waals surface area contributed by atoms with Gasteiger partial charge in [0.2, 0.25) is 11.7 Å². The maximum Gasteiger partial charge on any atom is 0.243 e. The van der Waals surface area contributed by atoms with Crippen LogP contribution < -0.4 is 5.32 Å². The second-order valence-electron chi connectivity index (χ2n) is 6.45. The first-order chi connectivity index (χ1) is 11.9. The summed E-state index contributed by atoms with van der Waals surface area (Å²) in [6.07, 6.45) is 3.83. The summed E-state index contributed by atoms with van der Waals surface area (Å²) >= 11 is 0. The molecule has 2 heterocycles. The predicted molar refractivity (Wildman–Crippen MR) is 92.4 cm³/mol. The van der Waals surface area contributed by atoms with Gasteiger partial charge in [-0.05, 0) is 44.9 Å². The molecule has 0 unspecified atom stereocenters. The Balaban J connectivity index is 1.65. The molecule has 0 bridgehead atoms. The summed E-state index contributed by atoms with van der Waals surface area (Å²) in [5.41, 5.74) is 2.32. The minimum absolute atomic E-state index is 0.122. The lowest BCUT2D eigenvalue weighted by molar-refractivity contribution is 0.316. The van der Waals surface area contributed by atoms with Crippen LogP contribution in [-0.4, -0.2) is 26.0 Å². The highest BCUT2D eigenvalue weighted by molar-refractivity contribution is 5.54. The fourth-order valence-corrected chi connectivity index (χ4v) is 2.66. The average Bonchev–Trinajstić information content (AvgIpc) is 3.19. The molecule has 0 saturated heterocycles. The summed E-state index contributed by atoms with van der Waals surface area (Å²) in [6, 6.07) is 4.96. The molecule has 0 fully saturated rings. The van der Waals surface area contributed by atoms with Gasteiger partial charge in [0.25, 0.3) is 0 Å². The Morgan fingerprint density at radius 3 is 2.76 bits per heavy atom. The molecule has 1 aromatic carbocycles. The maximum atomic E-state index is 13.7. The molecule has 2 atom stereocenters. The summed E-state index contributed by atoms with van der Waals surface area (Å²) in [5, 5.41) is 11.7. The molecular weight excluding hydrogens is 321 g/mol. The predicted octanol–water partition coefficient (Wildman–Crippen LogP) is 3.43. The number of rotatable bonds is 6. The zero-order valence-corrected chi connectivity index (χ0v) is 14.8. The Kier molecular flexibility index (Phi) is 4.94. The van der Waals surface area contributed by atoms with E-state index < -0.39 is 0 Å². The topological polar surface area (TPSA) is 68.8 Å². The van der Waals surface area contributed by atoms with Crippen molar-refractivity contribution in [2.75, 3.05) is 0 Å². The van der Waals surface area contributed by atoms with Crippen molar-refractivity contribution in [3.63, 3.8) is 0 Å². The molecule has 0 saturated carbocycles. The van der Waals surface area contributed by atoms with Gasteiger partial charge < -0.3 is 9.84 Å². The van der Waals surface area contributed by atoms with Crippen LogP contribution in [0, 0.1) is 19.7 Å². The van der Waals surface area contributed by atoms with E-state index in [4.69, 9.17) is 4.52 Å². The fraction of sp³-hybridized carbons (Fsp3) is 0.389. The van der Waals surface area contributed by atoms with Crippen LogP contribution in [0.1, 0.15) is 36.9 Å². The summed E-state index contributed by atoms with van der Waals surface area (Å²) in [5.74, 6) is 0.579. The van der Waals surface area contributed by atoms with Crippen molar-refractivity contribution >= 4 is 0 Å². The lowest BCUT2D eigenvalue weighted by atomic mass is 10.1. The smallest absolute Gasteiger partial charge is 0.243 e. The van der Waals surface area contributed by atoms with Crippen molar-refractivity contribution < 1.29 is 8.91 Å². The number of nitrogens with one attached hydrogen (secondary N) is 1. The monoisotopic (exact) mass is 343 g/mol. The van der Waals surface area contributed by atoms with E-state index in [2.05, 4.69) is 27.5 Å². The third-order valence-electron chi connectivity index (χ3n) is 4.00. The lowest BCUT2D eigenvalue weighted by Gasteiger charge is -2.17. The molecule has 0 aliphatic rings. The van der Waals surface area contributed by atoms with E-state index in [9.17, 15) is 4.39 Å². The van der Waals surface area contributed by atoms with Crippen LogP contribution in [0.3, 0.4) is 0 Å². The van der Waals surface area contributed by atoms with Gasteiger partial charge in [0.05, 0.1) is 18.8 Å². The summed E-state index contributed by atoms with van der Waals surface area (Å²) in [4.78, 5) is 4.39. The van der Waals surface area contributed by atoms with Gasteiger partial charge in [-0.25, -0.2) is 4.39 Å². The summed E-state index contributed by atoms with van der Waals surface area (Å²) in [7, 11) is 0. The Morgan fingerprint density at radius 2 is 2.08 bits per heavy atom. The van der Waals surface area contributed by atoms with Gasteiger partial charge in [-0.15, -0.1) is 0 Å². The van der Waals surface area contributed by atoms with Crippen molar-refractivity contribution in [1.82, 2.24) is 25.2 Å². The third kappa shape index (κ3) is 4.11. The minimum atomic E-state index is -0.279. The SMILES string of the molecule is Cc1cnn(C[C@H](C)N[C@@H](C)c2nc(-c3ccc(C)c(F)c3)no2)c1. The van der Waals surface area contributed by atoms with Crippen LogP contribution in [0.25, 0.3) is 11.4 Å². The molecule has 0 aliphatic heterocycles. The molecule has 7 heteroatoms. The molecule has 1 N–H and O–H groups in total. The summed E-state index contributed by atoms with van der Waals surface area (Å²) < 4.78 is 20.9. The second kappa shape index (κ2) is 7.14. The fourth-order valence-electron chi connectivity index (χ4n) is 2.66. The Labute approximate surface area is 146 Å². The molecule has 3 rings (SSSR count). The van der Waals surface area contributed by atoms with Crippen molar-refractivity contribution in [3.8, 4) is 11.4 Å². The Bertz CT molecular complexity index is 857. The van der Waals surface area contributed by atoms with E-state index in [-0.39, 0.29) is 17.9 Å². The highest BCUT2D eigenvalue weighted by atomic mass is 19.1. The molecule has 0 amide bonds. The average molecular weight is 343 g/mol. The lowest BCUT2D eigenvalue weighted by Crippen LogP contribution is -2.33. The van der Waals surface area contributed by atoms with Gasteiger partial charge in [-0.2, -0.15) is 10.1 Å². The first-order valence-electron chi connectivity index (χ1n) is 8.27. The Morgan fingerprint density at radius 1 is 1.28 bits per heavy atom. The third-order valence-corrected chi connectivity index (χ3v) is 4.00. The van der Waals surface area contributed by atoms with Crippen LogP contribution >= 0.6 is 0 Å². The molecular formula is C18H22FN5O. The molecule has 25 heavy (non-hydrogen) atoms. The van der Waals surface area contributed by atoms with Crippen molar-refractivity contribution in [3.05, 3.63) is 53.4 Å². The summed E-state index contributed by atoms with van der Waals surface area (Å²) in [6.45, 7) is 8.49. The number of benzene rings is 1. The van der Waals surface area contributed by atoms with E-state index in [1.807, 2.05) is 30.9 Å². The standard InChI is InChI=1S/C18H22FN5O/c1-11-8-20-24(9-11)10-13(3)21-14(4)18-22-17(23-25-18)15-6-5-12(2)16(19)7-15/h5-9,13-14,21H,10H2,1-4H3/t13-,14-/m0/s1. The van der Waals surface area contributed by atoms with Gasteiger partial charge in [0.15, 0.2) is 0 Å². The van der Waals surface area contributed by atoms with Crippen LogP contribution in [0.15, 0.2) is 35.1 Å². The first kappa shape index (κ1) is 17.3. The van der Waals surface area contributed by atoms with Crippen molar-refractivity contribution in [1.29, 1.82) is 0 Å².